The van der Waals surface area contributed by atoms with Crippen LogP contribution in [0.25, 0.3) is 0 Å². The Hall–Kier alpha value is -0.370. The minimum absolute atomic E-state index is 0. The second-order valence-electron chi connectivity index (χ2n) is 11.5. The molecule has 1 unspecified atom stereocenters. The monoisotopic (exact) mass is 547 g/mol. The molecule has 1 saturated heterocycles. The molecule has 1 aliphatic rings. The minimum Gasteiger partial charge on any atom is -1.00 e. The van der Waals surface area contributed by atoms with E-state index < -0.39 is 6.10 Å². The zero-order valence-corrected chi connectivity index (χ0v) is 23.1. The molecule has 0 saturated carbocycles. The number of aliphatic hydroxyl groups excluding tert-OH is 1. The summed E-state index contributed by atoms with van der Waals surface area (Å²) in [4.78, 5) is 0. The third-order valence-electron chi connectivity index (χ3n) is 6.25. The smallest absolute Gasteiger partial charge is 0.126 e. The lowest BCUT2D eigenvalue weighted by Gasteiger charge is -2.35. The number of likely N-dealkylation sites (N-methyl/N-ethyl adjacent to an activating group) is 1. The highest BCUT2D eigenvalue weighted by Gasteiger charge is 2.27. The SMILES string of the molecule is CC(C)(C)c1ccc(OCCOCC(O)C[N+]2(C)CCCCCC2)c(C(C)(C)C)c1.[I-]. The molecule has 0 radical (unpaired) electrons. The molecule has 1 atom stereocenters. The van der Waals surface area contributed by atoms with Gasteiger partial charge in [0, 0.05) is 0 Å². The predicted octanol–water partition coefficient (Wildman–Crippen LogP) is 2.06. The van der Waals surface area contributed by atoms with Crippen LogP contribution in [0.1, 0.15) is 78.4 Å². The van der Waals surface area contributed by atoms with Crippen LogP contribution in [0, 0.1) is 0 Å². The maximum absolute atomic E-state index is 10.5. The van der Waals surface area contributed by atoms with Crippen LogP contribution in [0.15, 0.2) is 18.2 Å². The first kappa shape index (κ1) is 28.7. The summed E-state index contributed by atoms with van der Waals surface area (Å²) in [6.07, 6.45) is 4.77. The summed E-state index contributed by atoms with van der Waals surface area (Å²) in [6, 6.07) is 6.55. The largest absolute Gasteiger partial charge is 1.00 e. The van der Waals surface area contributed by atoms with Gasteiger partial charge in [0.15, 0.2) is 0 Å². The molecule has 0 bridgehead atoms. The molecule has 1 aliphatic heterocycles. The Bertz CT molecular complexity index is 656. The summed E-state index contributed by atoms with van der Waals surface area (Å²) >= 11 is 0. The third-order valence-corrected chi connectivity index (χ3v) is 6.25. The lowest BCUT2D eigenvalue weighted by molar-refractivity contribution is -0.911. The van der Waals surface area contributed by atoms with E-state index in [0.717, 1.165) is 16.8 Å². The molecule has 0 spiro atoms. The molecule has 1 N–H and O–H groups in total. The first-order chi connectivity index (χ1) is 13.9. The van der Waals surface area contributed by atoms with Crippen LogP contribution < -0.4 is 28.7 Å². The zero-order valence-electron chi connectivity index (χ0n) is 21.0. The quantitative estimate of drug-likeness (QED) is 0.308. The first-order valence-corrected chi connectivity index (χ1v) is 11.8. The summed E-state index contributed by atoms with van der Waals surface area (Å²) in [5, 5.41) is 10.5. The van der Waals surface area contributed by atoms with Crippen LogP contribution in [0.5, 0.6) is 5.75 Å². The molecule has 1 aromatic rings. The van der Waals surface area contributed by atoms with E-state index in [9.17, 15) is 5.11 Å². The van der Waals surface area contributed by atoms with E-state index in [1.54, 1.807) is 0 Å². The summed E-state index contributed by atoms with van der Waals surface area (Å²) in [5.74, 6) is 0.933. The van der Waals surface area contributed by atoms with Crippen LogP contribution >= 0.6 is 0 Å². The molecule has 31 heavy (non-hydrogen) atoms. The molecule has 1 fully saturated rings. The second-order valence-corrected chi connectivity index (χ2v) is 11.5. The van der Waals surface area contributed by atoms with Gasteiger partial charge in [0.2, 0.25) is 0 Å². The lowest BCUT2D eigenvalue weighted by atomic mass is 9.80. The van der Waals surface area contributed by atoms with Gasteiger partial charge in [-0.1, -0.05) is 53.7 Å². The number of halogens is 1. The maximum Gasteiger partial charge on any atom is 0.126 e. The van der Waals surface area contributed by atoms with Gasteiger partial charge >= 0.3 is 0 Å². The number of quaternary nitrogens is 1. The van der Waals surface area contributed by atoms with Crippen molar-refractivity contribution in [1.82, 2.24) is 0 Å². The minimum atomic E-state index is -0.413. The van der Waals surface area contributed by atoms with E-state index >= 15 is 0 Å². The van der Waals surface area contributed by atoms with Crippen molar-refractivity contribution in [1.29, 1.82) is 0 Å². The summed E-state index contributed by atoms with van der Waals surface area (Å²) in [7, 11) is 2.27. The van der Waals surface area contributed by atoms with Crippen LogP contribution in [0.4, 0.5) is 0 Å². The number of hydrogen-bond acceptors (Lipinski definition) is 3. The van der Waals surface area contributed by atoms with E-state index in [-0.39, 0.29) is 34.8 Å². The van der Waals surface area contributed by atoms with E-state index in [1.165, 1.54) is 49.9 Å². The molecular weight excluding hydrogens is 501 g/mol. The van der Waals surface area contributed by atoms with Crippen LogP contribution in [-0.4, -0.2) is 62.2 Å². The number of ether oxygens (including phenoxy) is 2. The number of rotatable bonds is 8. The standard InChI is InChI=1S/C26H46NO3.HI/c1-25(2,3)21-12-13-24(23(18-21)26(4,5)6)30-17-16-29-20-22(28)19-27(7)14-10-8-9-11-15-27;/h12-13,18,22,28H,8-11,14-17,19-20H2,1-7H3;1H/q+1;/p-1. The van der Waals surface area contributed by atoms with E-state index in [2.05, 4.69) is 66.8 Å². The molecule has 0 amide bonds. The highest BCUT2D eigenvalue weighted by Crippen LogP contribution is 2.35. The Morgan fingerprint density at radius 1 is 0.935 bits per heavy atom. The zero-order chi connectivity index (χ0) is 22.4. The Balaban J connectivity index is 0.00000480. The first-order valence-electron chi connectivity index (χ1n) is 11.8. The molecule has 0 aromatic heterocycles. The Kier molecular flexibility index (Phi) is 11.3. The van der Waals surface area contributed by atoms with Gasteiger partial charge in [0.05, 0.1) is 33.4 Å². The number of aliphatic hydroxyl groups is 1. The number of nitrogens with zero attached hydrogens (tertiary/aromatic N) is 1. The van der Waals surface area contributed by atoms with Crippen molar-refractivity contribution in [2.45, 2.75) is 84.2 Å². The van der Waals surface area contributed by atoms with Gasteiger partial charge in [-0.15, -0.1) is 0 Å². The normalized spacial score (nSPS) is 18.1. The van der Waals surface area contributed by atoms with E-state index in [1.807, 2.05) is 0 Å². The fraction of sp³-hybridized carbons (Fsp3) is 0.769. The molecule has 0 aliphatic carbocycles. The Labute approximate surface area is 208 Å². The van der Waals surface area contributed by atoms with Crippen molar-refractivity contribution >= 4 is 0 Å². The molecular formula is C26H46INO3. The fourth-order valence-corrected chi connectivity index (χ4v) is 4.33. The van der Waals surface area contributed by atoms with Crippen molar-refractivity contribution in [2.24, 2.45) is 0 Å². The molecule has 180 valence electrons. The average molecular weight is 548 g/mol. The number of hydrogen-bond donors (Lipinski definition) is 1. The average Bonchev–Trinajstić information content (AvgIpc) is 2.84. The number of likely N-dealkylation sites (tertiary alicyclic amines) is 1. The number of benzene rings is 1. The van der Waals surface area contributed by atoms with Crippen LogP contribution in [-0.2, 0) is 15.6 Å². The van der Waals surface area contributed by atoms with Gasteiger partial charge < -0.3 is 43.0 Å². The van der Waals surface area contributed by atoms with Crippen molar-refractivity contribution < 1.29 is 43.0 Å². The molecule has 4 nitrogen and oxygen atoms in total. The van der Waals surface area contributed by atoms with Crippen LogP contribution in [0.2, 0.25) is 0 Å². The summed E-state index contributed by atoms with van der Waals surface area (Å²) in [5.41, 5.74) is 2.68. The lowest BCUT2D eigenvalue weighted by Crippen LogP contribution is -3.00. The Morgan fingerprint density at radius 3 is 2.10 bits per heavy atom. The van der Waals surface area contributed by atoms with Crippen LogP contribution in [0.3, 0.4) is 0 Å². The van der Waals surface area contributed by atoms with Crippen molar-refractivity contribution in [3.63, 3.8) is 0 Å². The highest BCUT2D eigenvalue weighted by molar-refractivity contribution is 5.43. The van der Waals surface area contributed by atoms with E-state index in [4.69, 9.17) is 9.47 Å². The van der Waals surface area contributed by atoms with Crippen molar-refractivity contribution in [3.05, 3.63) is 29.3 Å². The Morgan fingerprint density at radius 2 is 1.55 bits per heavy atom. The fourth-order valence-electron chi connectivity index (χ4n) is 4.33. The van der Waals surface area contributed by atoms with Gasteiger partial charge in [0.25, 0.3) is 0 Å². The van der Waals surface area contributed by atoms with Crippen molar-refractivity contribution in [3.8, 4) is 5.75 Å². The van der Waals surface area contributed by atoms with Gasteiger partial charge in [0.1, 0.15) is 25.0 Å². The summed E-state index contributed by atoms with van der Waals surface area (Å²) in [6.45, 7) is 17.9. The van der Waals surface area contributed by atoms with Crippen molar-refractivity contribution in [2.75, 3.05) is 46.5 Å². The highest BCUT2D eigenvalue weighted by atomic mass is 127. The molecule has 1 aromatic carbocycles. The van der Waals surface area contributed by atoms with E-state index in [0.29, 0.717) is 19.8 Å². The third kappa shape index (κ3) is 9.56. The maximum atomic E-state index is 10.5. The van der Waals surface area contributed by atoms with Gasteiger partial charge in [-0.2, -0.15) is 0 Å². The topological polar surface area (TPSA) is 38.7 Å². The predicted molar refractivity (Wildman–Crippen MR) is 125 cm³/mol. The van der Waals surface area contributed by atoms with Gasteiger partial charge in [-0.25, -0.2) is 0 Å². The molecule has 1 heterocycles. The molecule has 5 heteroatoms. The molecule has 2 rings (SSSR count). The van der Waals surface area contributed by atoms with Gasteiger partial charge in [-0.3, -0.25) is 0 Å². The van der Waals surface area contributed by atoms with Gasteiger partial charge in [-0.05, 0) is 53.7 Å². The summed E-state index contributed by atoms with van der Waals surface area (Å²) < 4.78 is 12.8. The second kappa shape index (κ2) is 12.2.